The SMILES string of the molecule is Cc1ccccc1Cn1c(C(=O)NCC2CC2)cc2scc(Br)c21. The van der Waals surface area contributed by atoms with Gasteiger partial charge in [0, 0.05) is 18.5 Å². The predicted octanol–water partition coefficient (Wildman–Crippen LogP) is 4.96. The second-order valence-electron chi connectivity index (χ2n) is 6.49. The van der Waals surface area contributed by atoms with Crippen molar-refractivity contribution in [3.63, 3.8) is 0 Å². The second kappa shape index (κ2) is 6.37. The molecule has 1 aliphatic rings. The van der Waals surface area contributed by atoms with Gasteiger partial charge >= 0.3 is 0 Å². The number of carbonyl (C=O) groups is 1. The number of hydrogen-bond donors (Lipinski definition) is 1. The van der Waals surface area contributed by atoms with Gasteiger partial charge in [0.1, 0.15) is 5.69 Å². The number of nitrogens with zero attached hydrogens (tertiary/aromatic N) is 1. The van der Waals surface area contributed by atoms with Gasteiger partial charge in [-0.05, 0) is 58.8 Å². The van der Waals surface area contributed by atoms with Crippen molar-refractivity contribution in [2.24, 2.45) is 5.92 Å². The molecule has 0 bridgehead atoms. The fourth-order valence-electron chi connectivity index (χ4n) is 2.99. The van der Waals surface area contributed by atoms with Crippen molar-refractivity contribution >= 4 is 43.4 Å². The molecule has 0 atom stereocenters. The number of nitrogens with one attached hydrogen (secondary N) is 1. The van der Waals surface area contributed by atoms with Gasteiger partial charge in [0.05, 0.1) is 14.7 Å². The third-order valence-electron chi connectivity index (χ3n) is 4.65. The van der Waals surface area contributed by atoms with Crippen LogP contribution in [0.25, 0.3) is 10.2 Å². The average molecular weight is 403 g/mol. The molecule has 1 aromatic carbocycles. The largest absolute Gasteiger partial charge is 0.350 e. The predicted molar refractivity (Wildman–Crippen MR) is 103 cm³/mol. The van der Waals surface area contributed by atoms with Gasteiger partial charge in [-0.3, -0.25) is 4.79 Å². The third-order valence-corrected chi connectivity index (χ3v) is 6.47. The monoisotopic (exact) mass is 402 g/mol. The highest BCUT2D eigenvalue weighted by Gasteiger charge is 2.24. The van der Waals surface area contributed by atoms with E-state index >= 15 is 0 Å². The maximum atomic E-state index is 12.7. The summed E-state index contributed by atoms with van der Waals surface area (Å²) >= 11 is 5.31. The smallest absolute Gasteiger partial charge is 0.267 e. The van der Waals surface area contributed by atoms with E-state index in [0.29, 0.717) is 12.5 Å². The van der Waals surface area contributed by atoms with Gasteiger partial charge in [0.25, 0.3) is 5.91 Å². The van der Waals surface area contributed by atoms with Crippen LogP contribution in [0.15, 0.2) is 40.2 Å². The zero-order chi connectivity index (χ0) is 16.7. The Bertz CT molecular complexity index is 907. The van der Waals surface area contributed by atoms with Crippen LogP contribution in [-0.2, 0) is 6.54 Å². The molecule has 124 valence electrons. The van der Waals surface area contributed by atoms with E-state index in [2.05, 4.69) is 56.3 Å². The lowest BCUT2D eigenvalue weighted by Crippen LogP contribution is -2.28. The first-order chi connectivity index (χ1) is 11.6. The quantitative estimate of drug-likeness (QED) is 0.642. The van der Waals surface area contributed by atoms with Crippen LogP contribution in [0.4, 0.5) is 0 Å². The minimum absolute atomic E-state index is 0.0331. The normalized spacial score (nSPS) is 14.2. The minimum atomic E-state index is 0.0331. The van der Waals surface area contributed by atoms with Gasteiger partial charge in [-0.1, -0.05) is 24.3 Å². The molecule has 1 N–H and O–H groups in total. The van der Waals surface area contributed by atoms with Crippen LogP contribution in [0.5, 0.6) is 0 Å². The van der Waals surface area contributed by atoms with E-state index in [4.69, 9.17) is 0 Å². The Balaban J connectivity index is 1.72. The van der Waals surface area contributed by atoms with Gasteiger partial charge in [-0.2, -0.15) is 0 Å². The number of fused-ring (bicyclic) bond motifs is 1. The number of rotatable bonds is 5. The molecule has 0 spiro atoms. The summed E-state index contributed by atoms with van der Waals surface area (Å²) in [5.74, 6) is 0.715. The molecule has 1 fully saturated rings. The number of carbonyl (C=O) groups excluding carboxylic acids is 1. The summed E-state index contributed by atoms with van der Waals surface area (Å²) in [6.07, 6.45) is 2.48. The highest BCUT2D eigenvalue weighted by atomic mass is 79.9. The number of aryl methyl sites for hydroxylation is 1. The van der Waals surface area contributed by atoms with E-state index in [-0.39, 0.29) is 5.91 Å². The molecule has 0 saturated heterocycles. The first-order valence-electron chi connectivity index (χ1n) is 8.22. The van der Waals surface area contributed by atoms with Crippen LogP contribution in [0.1, 0.15) is 34.5 Å². The number of benzene rings is 1. The van der Waals surface area contributed by atoms with Crippen LogP contribution in [0.3, 0.4) is 0 Å². The average Bonchev–Trinajstić information content (AvgIpc) is 3.24. The van der Waals surface area contributed by atoms with E-state index in [1.54, 1.807) is 11.3 Å². The zero-order valence-corrected chi connectivity index (χ0v) is 15.9. The van der Waals surface area contributed by atoms with Gasteiger partial charge in [-0.15, -0.1) is 11.3 Å². The first kappa shape index (κ1) is 15.9. The van der Waals surface area contributed by atoms with Crippen molar-refractivity contribution in [1.29, 1.82) is 0 Å². The minimum Gasteiger partial charge on any atom is -0.350 e. The fraction of sp³-hybridized carbons (Fsp3) is 0.316. The molecule has 1 aliphatic carbocycles. The number of hydrogen-bond acceptors (Lipinski definition) is 2. The summed E-state index contributed by atoms with van der Waals surface area (Å²) in [5, 5.41) is 5.19. The summed E-state index contributed by atoms with van der Waals surface area (Å²) in [4.78, 5) is 12.7. The molecule has 1 saturated carbocycles. The molecule has 0 aliphatic heterocycles. The fourth-order valence-corrected chi connectivity index (χ4v) is 4.68. The van der Waals surface area contributed by atoms with E-state index in [1.165, 1.54) is 24.0 Å². The topological polar surface area (TPSA) is 34.0 Å². The van der Waals surface area contributed by atoms with Crippen molar-refractivity contribution in [2.45, 2.75) is 26.3 Å². The number of aromatic nitrogens is 1. The van der Waals surface area contributed by atoms with Crippen molar-refractivity contribution in [3.8, 4) is 0 Å². The van der Waals surface area contributed by atoms with Crippen molar-refractivity contribution < 1.29 is 4.79 Å². The molecular weight excluding hydrogens is 384 g/mol. The van der Waals surface area contributed by atoms with Crippen molar-refractivity contribution in [3.05, 3.63) is 57.0 Å². The Morgan fingerprint density at radius 1 is 1.38 bits per heavy atom. The molecule has 3 nitrogen and oxygen atoms in total. The molecule has 5 heteroatoms. The second-order valence-corrected chi connectivity index (χ2v) is 8.26. The van der Waals surface area contributed by atoms with Gasteiger partial charge in [-0.25, -0.2) is 0 Å². The zero-order valence-electron chi connectivity index (χ0n) is 13.5. The molecule has 1 amide bonds. The standard InChI is InChI=1S/C19H19BrN2OS/c1-12-4-2-3-5-14(12)10-22-16(19(23)21-9-13-6-7-13)8-17-18(22)15(20)11-24-17/h2-5,8,11,13H,6-7,9-10H2,1H3,(H,21,23). The third kappa shape index (κ3) is 3.03. The van der Waals surface area contributed by atoms with E-state index in [9.17, 15) is 4.79 Å². The molecule has 4 rings (SSSR count). The van der Waals surface area contributed by atoms with Crippen LogP contribution in [0, 0.1) is 12.8 Å². The van der Waals surface area contributed by atoms with Crippen LogP contribution < -0.4 is 5.32 Å². The Hall–Kier alpha value is -1.59. The molecule has 3 aromatic rings. The summed E-state index contributed by atoms with van der Waals surface area (Å²) in [6.45, 7) is 3.62. The summed E-state index contributed by atoms with van der Waals surface area (Å²) in [7, 11) is 0. The van der Waals surface area contributed by atoms with Crippen LogP contribution in [0.2, 0.25) is 0 Å². The van der Waals surface area contributed by atoms with Crippen molar-refractivity contribution in [1.82, 2.24) is 9.88 Å². The number of halogens is 1. The molecular formula is C19H19BrN2OS. The van der Waals surface area contributed by atoms with Crippen molar-refractivity contribution in [2.75, 3.05) is 6.54 Å². The lowest BCUT2D eigenvalue weighted by molar-refractivity contribution is 0.0943. The number of amides is 1. The van der Waals surface area contributed by atoms with Gasteiger partial charge < -0.3 is 9.88 Å². The summed E-state index contributed by atoms with van der Waals surface area (Å²) < 4.78 is 4.34. The summed E-state index contributed by atoms with van der Waals surface area (Å²) in [6, 6.07) is 10.4. The highest BCUT2D eigenvalue weighted by molar-refractivity contribution is 9.10. The lowest BCUT2D eigenvalue weighted by Gasteiger charge is -2.13. The first-order valence-corrected chi connectivity index (χ1v) is 9.89. The maximum absolute atomic E-state index is 12.7. The van der Waals surface area contributed by atoms with E-state index in [0.717, 1.165) is 26.9 Å². The summed E-state index contributed by atoms with van der Waals surface area (Å²) in [5.41, 5.74) is 4.35. The van der Waals surface area contributed by atoms with E-state index < -0.39 is 0 Å². The Morgan fingerprint density at radius 3 is 2.92 bits per heavy atom. The van der Waals surface area contributed by atoms with Crippen LogP contribution >= 0.6 is 27.3 Å². The highest BCUT2D eigenvalue weighted by Crippen LogP contribution is 2.34. The molecule has 0 radical (unpaired) electrons. The molecule has 2 aromatic heterocycles. The molecule has 0 unspecified atom stereocenters. The lowest BCUT2D eigenvalue weighted by atomic mass is 10.1. The maximum Gasteiger partial charge on any atom is 0.267 e. The van der Waals surface area contributed by atoms with Crippen LogP contribution in [-0.4, -0.2) is 17.0 Å². The van der Waals surface area contributed by atoms with E-state index in [1.807, 2.05) is 12.1 Å². The Labute approximate surface area is 153 Å². The van der Waals surface area contributed by atoms with Gasteiger partial charge in [0.2, 0.25) is 0 Å². The molecule has 24 heavy (non-hydrogen) atoms. The molecule has 2 heterocycles. The Kier molecular flexibility index (Phi) is 4.22. The number of thiophene rings is 1. The van der Waals surface area contributed by atoms with Gasteiger partial charge in [0.15, 0.2) is 0 Å². The Morgan fingerprint density at radius 2 is 2.17 bits per heavy atom.